The second-order valence-electron chi connectivity index (χ2n) is 9.36. The Labute approximate surface area is 201 Å². The maximum Gasteiger partial charge on any atom is 0.318 e. The first-order chi connectivity index (χ1) is 16.4. The standard InChI is InChI=1S/C25H24ClN7O/c1-25(2)20-17(13-33(25)24(34)28-19-12-16(19)14-8-4-3-5-9-14)22(32-31-20)29-21-15-10-6-7-11-18(15)27-23(26)30-21/h3-11,16,19H,12-13H2,1-2H3,(H,28,34)(H2,27,29,30,31,32)/t16-,19+/m0/s1. The Morgan fingerprint density at radius 1 is 1.09 bits per heavy atom. The number of carbonyl (C=O) groups is 1. The van der Waals surface area contributed by atoms with Crippen molar-refractivity contribution in [1.29, 1.82) is 0 Å². The van der Waals surface area contributed by atoms with E-state index >= 15 is 0 Å². The van der Waals surface area contributed by atoms with Crippen LogP contribution in [0, 0.1) is 0 Å². The van der Waals surface area contributed by atoms with E-state index in [-0.39, 0.29) is 17.4 Å². The fourth-order valence-electron chi connectivity index (χ4n) is 4.86. The number of hydrogen-bond acceptors (Lipinski definition) is 5. The van der Waals surface area contributed by atoms with Gasteiger partial charge in [0.05, 0.1) is 23.3 Å². The van der Waals surface area contributed by atoms with Gasteiger partial charge in [-0.05, 0) is 49.6 Å². The number of fused-ring (bicyclic) bond motifs is 2. The molecule has 4 aromatic rings. The predicted octanol–water partition coefficient (Wildman–Crippen LogP) is 5.07. The lowest BCUT2D eigenvalue weighted by molar-refractivity contribution is 0.142. The van der Waals surface area contributed by atoms with Crippen LogP contribution >= 0.6 is 11.6 Å². The van der Waals surface area contributed by atoms with Crippen LogP contribution in [0.3, 0.4) is 0 Å². The summed E-state index contributed by atoms with van der Waals surface area (Å²) in [5.74, 6) is 1.59. The molecular weight excluding hydrogens is 450 g/mol. The van der Waals surface area contributed by atoms with Crippen LogP contribution in [0.1, 0.15) is 43.0 Å². The van der Waals surface area contributed by atoms with Crippen molar-refractivity contribution in [2.45, 2.75) is 44.3 Å². The minimum Gasteiger partial charge on any atom is -0.335 e. The summed E-state index contributed by atoms with van der Waals surface area (Å²) < 4.78 is 0. The quantitative estimate of drug-likeness (QED) is 0.359. The van der Waals surface area contributed by atoms with Crippen LogP contribution in [0.25, 0.3) is 10.9 Å². The van der Waals surface area contributed by atoms with Crippen molar-refractivity contribution in [2.75, 3.05) is 5.32 Å². The molecule has 1 saturated carbocycles. The van der Waals surface area contributed by atoms with Gasteiger partial charge in [0.1, 0.15) is 5.82 Å². The first kappa shape index (κ1) is 20.9. The van der Waals surface area contributed by atoms with E-state index < -0.39 is 5.54 Å². The topological polar surface area (TPSA) is 98.8 Å². The fourth-order valence-corrected chi connectivity index (χ4v) is 5.04. The molecule has 6 rings (SSSR count). The van der Waals surface area contributed by atoms with Gasteiger partial charge >= 0.3 is 6.03 Å². The van der Waals surface area contributed by atoms with E-state index in [2.05, 4.69) is 42.9 Å². The zero-order valence-corrected chi connectivity index (χ0v) is 19.6. The van der Waals surface area contributed by atoms with Crippen molar-refractivity contribution in [1.82, 2.24) is 30.4 Å². The summed E-state index contributed by atoms with van der Waals surface area (Å²) in [6.45, 7) is 4.49. The minimum atomic E-state index is -0.533. The summed E-state index contributed by atoms with van der Waals surface area (Å²) in [7, 11) is 0. The fraction of sp³-hybridized carbons (Fsp3) is 0.280. The molecule has 3 N–H and O–H groups in total. The Morgan fingerprint density at radius 3 is 2.68 bits per heavy atom. The number of anilines is 2. The molecule has 1 aliphatic carbocycles. The number of urea groups is 1. The molecule has 0 radical (unpaired) electrons. The first-order valence-electron chi connectivity index (χ1n) is 11.3. The van der Waals surface area contributed by atoms with Crippen molar-refractivity contribution in [3.05, 3.63) is 76.7 Å². The summed E-state index contributed by atoms with van der Waals surface area (Å²) in [5, 5.41) is 15.2. The van der Waals surface area contributed by atoms with Crippen LogP contribution in [0.15, 0.2) is 54.6 Å². The highest BCUT2D eigenvalue weighted by Gasteiger charge is 2.46. The Bertz CT molecular complexity index is 1400. The van der Waals surface area contributed by atoms with Crippen LogP contribution < -0.4 is 10.6 Å². The van der Waals surface area contributed by atoms with Gasteiger partial charge in [0.25, 0.3) is 0 Å². The van der Waals surface area contributed by atoms with Crippen molar-refractivity contribution in [3.8, 4) is 0 Å². The molecule has 2 amide bonds. The number of aromatic amines is 1. The second-order valence-corrected chi connectivity index (χ2v) is 9.70. The maximum atomic E-state index is 13.3. The molecule has 8 nitrogen and oxygen atoms in total. The average molecular weight is 474 g/mol. The molecule has 0 saturated heterocycles. The number of amides is 2. The molecule has 2 aromatic carbocycles. The number of hydrogen-bond donors (Lipinski definition) is 3. The zero-order chi connectivity index (χ0) is 23.4. The summed E-state index contributed by atoms with van der Waals surface area (Å²) in [6.07, 6.45) is 0.964. The normalized spacial score (nSPS) is 20.3. The number of aromatic nitrogens is 4. The lowest BCUT2D eigenvalue weighted by Crippen LogP contribution is -2.47. The van der Waals surface area contributed by atoms with Crippen molar-refractivity contribution in [2.24, 2.45) is 0 Å². The molecule has 0 spiro atoms. The smallest absolute Gasteiger partial charge is 0.318 e. The third-order valence-electron chi connectivity index (χ3n) is 6.85. The van der Waals surface area contributed by atoms with E-state index in [4.69, 9.17) is 11.6 Å². The van der Waals surface area contributed by atoms with Crippen LogP contribution in [0.2, 0.25) is 5.28 Å². The molecule has 172 valence electrons. The van der Waals surface area contributed by atoms with E-state index in [0.29, 0.717) is 24.1 Å². The number of rotatable bonds is 4. The van der Waals surface area contributed by atoms with Gasteiger partial charge in [0, 0.05) is 22.9 Å². The lowest BCUT2D eigenvalue weighted by atomic mass is 10.0. The molecule has 0 unspecified atom stereocenters. The molecule has 2 atom stereocenters. The predicted molar refractivity (Wildman–Crippen MR) is 131 cm³/mol. The highest BCUT2D eigenvalue weighted by molar-refractivity contribution is 6.28. The number of para-hydroxylation sites is 1. The molecule has 9 heteroatoms. The number of carbonyl (C=O) groups excluding carboxylic acids is 1. The van der Waals surface area contributed by atoms with Crippen LogP contribution in [0.5, 0.6) is 0 Å². The van der Waals surface area contributed by atoms with Gasteiger partial charge < -0.3 is 15.5 Å². The number of nitrogens with one attached hydrogen (secondary N) is 3. The van der Waals surface area contributed by atoms with Gasteiger partial charge in [-0.25, -0.2) is 9.78 Å². The largest absolute Gasteiger partial charge is 0.335 e. The first-order valence-corrected chi connectivity index (χ1v) is 11.7. The Kier molecular flexibility index (Phi) is 4.74. The highest BCUT2D eigenvalue weighted by atomic mass is 35.5. The summed E-state index contributed by atoms with van der Waals surface area (Å²) >= 11 is 6.15. The molecule has 3 heterocycles. The molecule has 1 fully saturated rings. The van der Waals surface area contributed by atoms with Gasteiger partial charge in [0.15, 0.2) is 5.82 Å². The third kappa shape index (κ3) is 3.45. The Hall–Kier alpha value is -3.65. The number of benzene rings is 2. The van der Waals surface area contributed by atoms with Gasteiger partial charge in [-0.1, -0.05) is 42.5 Å². The molecule has 2 aliphatic rings. The summed E-state index contributed by atoms with van der Waals surface area (Å²) in [4.78, 5) is 23.8. The van der Waals surface area contributed by atoms with E-state index in [9.17, 15) is 4.79 Å². The van der Waals surface area contributed by atoms with E-state index in [1.807, 2.05) is 61.2 Å². The van der Waals surface area contributed by atoms with Crippen LogP contribution in [-0.4, -0.2) is 37.1 Å². The SMILES string of the molecule is CC1(C)c2[nH]nc(Nc3nc(Cl)nc4ccccc34)c2CN1C(=O)N[C@@H]1C[C@H]1c1ccccc1. The van der Waals surface area contributed by atoms with E-state index in [1.165, 1.54) is 5.56 Å². The zero-order valence-electron chi connectivity index (χ0n) is 18.8. The Morgan fingerprint density at radius 2 is 1.85 bits per heavy atom. The van der Waals surface area contributed by atoms with Crippen LogP contribution in [-0.2, 0) is 12.1 Å². The monoisotopic (exact) mass is 473 g/mol. The number of halogens is 1. The molecule has 0 bridgehead atoms. The number of H-pyrrole nitrogens is 1. The third-order valence-corrected chi connectivity index (χ3v) is 7.02. The summed E-state index contributed by atoms with van der Waals surface area (Å²) in [6, 6.07) is 18.1. The lowest BCUT2D eigenvalue weighted by Gasteiger charge is -2.32. The molecular formula is C25H24ClN7O. The molecule has 1 aliphatic heterocycles. The second kappa shape index (κ2) is 7.70. The van der Waals surface area contributed by atoms with Gasteiger partial charge in [-0.2, -0.15) is 10.1 Å². The van der Waals surface area contributed by atoms with Gasteiger partial charge in [0.2, 0.25) is 5.28 Å². The van der Waals surface area contributed by atoms with Crippen molar-refractivity contribution >= 4 is 40.2 Å². The molecule has 34 heavy (non-hydrogen) atoms. The van der Waals surface area contributed by atoms with Crippen molar-refractivity contribution < 1.29 is 4.79 Å². The summed E-state index contributed by atoms with van der Waals surface area (Å²) in [5.41, 5.74) is 3.33. The van der Waals surface area contributed by atoms with Gasteiger partial charge in [-0.15, -0.1) is 0 Å². The van der Waals surface area contributed by atoms with Gasteiger partial charge in [-0.3, -0.25) is 5.10 Å². The average Bonchev–Trinajstić information content (AvgIpc) is 3.38. The van der Waals surface area contributed by atoms with E-state index in [0.717, 1.165) is 28.6 Å². The van der Waals surface area contributed by atoms with Crippen LogP contribution in [0.4, 0.5) is 16.4 Å². The van der Waals surface area contributed by atoms with Crippen molar-refractivity contribution in [3.63, 3.8) is 0 Å². The maximum absolute atomic E-state index is 13.3. The minimum absolute atomic E-state index is 0.0699. The molecule has 2 aromatic heterocycles. The number of nitrogens with zero attached hydrogens (tertiary/aromatic N) is 4. The Balaban J connectivity index is 1.22. The highest BCUT2D eigenvalue weighted by Crippen LogP contribution is 2.44. The van der Waals surface area contributed by atoms with E-state index in [1.54, 1.807) is 0 Å².